The number of hydrogen-bond donors (Lipinski definition) is 1. The molecule has 1 aromatic rings. The average Bonchev–Trinajstić information content (AvgIpc) is 3.07. The molecule has 2 fully saturated rings. The lowest BCUT2D eigenvalue weighted by atomic mass is 9.99. The topological polar surface area (TPSA) is 86.3 Å². The lowest BCUT2D eigenvalue weighted by Crippen LogP contribution is -2.55. The second-order valence-electron chi connectivity index (χ2n) is 15.2. The Morgan fingerprint density at radius 3 is 2.09 bits per heavy atom. The Balaban J connectivity index is 2.13. The highest BCUT2D eigenvalue weighted by Gasteiger charge is 2.51. The van der Waals surface area contributed by atoms with Crippen LogP contribution in [-0.2, 0) is 30.0 Å². The summed E-state index contributed by atoms with van der Waals surface area (Å²) in [7, 11) is -2.95. The van der Waals surface area contributed by atoms with Crippen LogP contribution in [0.15, 0.2) is 24.3 Å². The van der Waals surface area contributed by atoms with Gasteiger partial charge in [0, 0.05) is 24.7 Å². The molecule has 8 nitrogen and oxygen atoms in total. The molecule has 256 valence electrons. The molecular weight excluding hydrogens is 660 g/mol. The number of carbonyl (C=O) groups is 2. The molecule has 2 heterocycles. The quantitative estimate of drug-likeness (QED) is 0.172. The Hall–Kier alpha value is -0.726. The largest absolute Gasteiger partial charge is 0.497 e. The van der Waals surface area contributed by atoms with E-state index in [-0.39, 0.29) is 39.9 Å². The molecular formula is C32H57N2O6PS2Si2. The number of nitrogens with zero attached hydrogens (tertiary/aromatic N) is 1. The highest BCUT2D eigenvalue weighted by molar-refractivity contribution is 8.71. The second kappa shape index (κ2) is 14.4. The average molecular weight is 717 g/mol. The highest BCUT2D eigenvalue weighted by atomic mass is 32.9. The number of carbonyl (C=O) groups excluding carboxylic acids is 2. The molecule has 3 rings (SSSR count). The molecule has 3 amide bonds. The van der Waals surface area contributed by atoms with Crippen LogP contribution in [0.5, 0.6) is 5.75 Å². The summed E-state index contributed by atoms with van der Waals surface area (Å²) in [6.45, 7) is 28.0. The smallest absolute Gasteiger partial charge is 0.324 e. The SMILES string of the molecule is COc1ccc(P2(=S)O[C@H](CO[Si](C)(C)C(C)(C)C(C)C)[C@@H](O[Si](C)(C)C(C)(C)C(C)C)C[C@H](N3CCC(=O)NC3=O)S2)cc1. The fourth-order valence-corrected chi connectivity index (χ4v) is 17.1. The Morgan fingerprint density at radius 1 is 1.02 bits per heavy atom. The van der Waals surface area contributed by atoms with Crippen LogP contribution < -0.4 is 15.4 Å². The third-order valence-corrected chi connectivity index (χ3v) is 27.0. The van der Waals surface area contributed by atoms with Crippen LogP contribution in [0.3, 0.4) is 0 Å². The van der Waals surface area contributed by atoms with Crippen molar-refractivity contribution < 1.29 is 27.7 Å². The summed E-state index contributed by atoms with van der Waals surface area (Å²) in [5.41, 5.74) is -2.81. The fourth-order valence-electron chi connectivity index (χ4n) is 5.41. The zero-order chi connectivity index (χ0) is 34.2. The fraction of sp³-hybridized carbons (Fsp3) is 0.750. The van der Waals surface area contributed by atoms with Gasteiger partial charge in [0.15, 0.2) is 22.1 Å². The number of ether oxygens (including phenoxy) is 1. The van der Waals surface area contributed by atoms with E-state index < -0.39 is 28.2 Å². The van der Waals surface area contributed by atoms with Crippen molar-refractivity contribution in [3.8, 4) is 5.75 Å². The van der Waals surface area contributed by atoms with E-state index in [1.165, 1.54) is 11.4 Å². The van der Waals surface area contributed by atoms with E-state index in [9.17, 15) is 9.59 Å². The van der Waals surface area contributed by atoms with Gasteiger partial charge in [0.1, 0.15) is 11.9 Å². The van der Waals surface area contributed by atoms with Gasteiger partial charge in [-0.25, -0.2) is 4.79 Å². The summed E-state index contributed by atoms with van der Waals surface area (Å²) >= 11 is 8.03. The Bertz CT molecular complexity index is 1260. The number of imide groups is 1. The lowest BCUT2D eigenvalue weighted by molar-refractivity contribution is -0.121. The number of rotatable bonds is 12. The molecule has 0 aliphatic carbocycles. The van der Waals surface area contributed by atoms with Crippen molar-refractivity contribution in [3.63, 3.8) is 0 Å². The van der Waals surface area contributed by atoms with E-state index in [0.29, 0.717) is 31.4 Å². The van der Waals surface area contributed by atoms with Crippen molar-refractivity contribution in [1.82, 2.24) is 10.2 Å². The summed E-state index contributed by atoms with van der Waals surface area (Å²) < 4.78 is 26.9. The first-order chi connectivity index (χ1) is 20.6. The minimum atomic E-state index is -2.81. The lowest BCUT2D eigenvalue weighted by Gasteiger charge is -2.47. The second-order valence-corrected chi connectivity index (χ2v) is 31.2. The van der Waals surface area contributed by atoms with Crippen molar-refractivity contribution >= 4 is 62.5 Å². The third kappa shape index (κ3) is 8.47. The van der Waals surface area contributed by atoms with Crippen molar-refractivity contribution in [2.75, 3.05) is 20.3 Å². The number of amides is 3. The molecule has 1 aromatic carbocycles. The Kier molecular flexibility index (Phi) is 12.4. The van der Waals surface area contributed by atoms with Crippen LogP contribution in [0, 0.1) is 11.8 Å². The van der Waals surface area contributed by atoms with Crippen LogP contribution in [0.4, 0.5) is 4.79 Å². The van der Waals surface area contributed by atoms with Gasteiger partial charge in [-0.3, -0.25) is 10.1 Å². The molecule has 45 heavy (non-hydrogen) atoms. The molecule has 0 aromatic heterocycles. The maximum Gasteiger partial charge on any atom is 0.324 e. The highest BCUT2D eigenvalue weighted by Crippen LogP contribution is 2.65. The van der Waals surface area contributed by atoms with Gasteiger partial charge in [-0.15, -0.1) is 0 Å². The van der Waals surface area contributed by atoms with Gasteiger partial charge in [0.25, 0.3) is 0 Å². The van der Waals surface area contributed by atoms with Gasteiger partial charge in [-0.05, 0) is 72.4 Å². The zero-order valence-corrected chi connectivity index (χ0v) is 34.2. The molecule has 2 aliphatic rings. The summed E-state index contributed by atoms with van der Waals surface area (Å²) in [6, 6.07) is 7.37. The van der Waals surface area contributed by atoms with E-state index in [1.807, 2.05) is 24.3 Å². The van der Waals surface area contributed by atoms with E-state index in [0.717, 1.165) is 11.1 Å². The minimum absolute atomic E-state index is 0.0215. The zero-order valence-electron chi connectivity index (χ0n) is 29.7. The first-order valence-electron chi connectivity index (χ1n) is 16.1. The summed E-state index contributed by atoms with van der Waals surface area (Å²) in [6.07, 6.45) is -0.0237. The standard InChI is InChI=1S/C32H57N2O6PS2Si2/c1-22(2)31(5,6)44(10,11)38-21-27-26(40-45(12,13)32(7,8)23(3)4)20-29(34-19-18-28(35)33-30(34)36)43-41(42,39-27)25-16-14-24(37-9)15-17-25/h14-17,22-23,26-27,29H,18-21H2,1-13H3,(H,33,35,36)/t26-,27+,29+,41?/m0/s1. The Morgan fingerprint density at radius 2 is 1.58 bits per heavy atom. The third-order valence-electron chi connectivity index (χ3n) is 11.3. The first kappa shape index (κ1) is 38.7. The molecule has 2 aliphatic heterocycles. The van der Waals surface area contributed by atoms with E-state index in [1.54, 1.807) is 12.0 Å². The van der Waals surface area contributed by atoms with Gasteiger partial charge < -0.3 is 23.0 Å². The summed E-state index contributed by atoms with van der Waals surface area (Å²) in [4.78, 5) is 27.1. The monoisotopic (exact) mass is 716 g/mol. The molecule has 0 radical (unpaired) electrons. The molecule has 13 heteroatoms. The Labute approximate surface area is 283 Å². The molecule has 2 saturated heterocycles. The van der Waals surface area contributed by atoms with Crippen molar-refractivity contribution in [2.45, 2.75) is 122 Å². The molecule has 0 bridgehead atoms. The molecule has 1 N–H and O–H groups in total. The molecule has 0 saturated carbocycles. The number of methoxy groups -OCH3 is 1. The van der Waals surface area contributed by atoms with Crippen LogP contribution in [-0.4, -0.2) is 71.3 Å². The number of urea groups is 1. The van der Waals surface area contributed by atoms with Gasteiger partial charge in [-0.1, -0.05) is 78.6 Å². The van der Waals surface area contributed by atoms with Crippen LogP contribution >= 0.6 is 16.8 Å². The van der Waals surface area contributed by atoms with Gasteiger partial charge in [-0.2, -0.15) is 0 Å². The van der Waals surface area contributed by atoms with Crippen LogP contribution in [0.1, 0.15) is 68.2 Å². The maximum atomic E-state index is 13.3. The van der Waals surface area contributed by atoms with Crippen LogP contribution in [0.25, 0.3) is 0 Å². The maximum absolute atomic E-state index is 13.3. The number of hydrogen-bond acceptors (Lipinski definition) is 8. The number of nitrogens with one attached hydrogen (secondary N) is 1. The first-order valence-corrected chi connectivity index (χ1v) is 26.1. The van der Waals surface area contributed by atoms with Crippen molar-refractivity contribution in [3.05, 3.63) is 24.3 Å². The van der Waals surface area contributed by atoms with E-state index >= 15 is 0 Å². The minimum Gasteiger partial charge on any atom is -0.497 e. The predicted molar refractivity (Wildman–Crippen MR) is 196 cm³/mol. The molecule has 4 atom stereocenters. The molecule has 0 spiro atoms. The van der Waals surface area contributed by atoms with Crippen molar-refractivity contribution in [2.24, 2.45) is 11.8 Å². The van der Waals surface area contributed by atoms with Gasteiger partial charge >= 0.3 is 6.03 Å². The van der Waals surface area contributed by atoms with Gasteiger partial charge in [0.2, 0.25) is 5.91 Å². The summed E-state index contributed by atoms with van der Waals surface area (Å²) in [5.74, 6) is 1.34. The number of benzene rings is 1. The normalized spacial score (nSPS) is 25.8. The molecule has 1 unspecified atom stereocenters. The predicted octanol–water partition coefficient (Wildman–Crippen LogP) is 8.10. The van der Waals surface area contributed by atoms with E-state index in [2.05, 4.69) is 86.9 Å². The van der Waals surface area contributed by atoms with Crippen LogP contribution in [0.2, 0.25) is 36.3 Å². The van der Waals surface area contributed by atoms with Gasteiger partial charge in [0.05, 0.1) is 25.2 Å². The van der Waals surface area contributed by atoms with Crippen molar-refractivity contribution in [1.29, 1.82) is 0 Å². The van der Waals surface area contributed by atoms with E-state index in [4.69, 9.17) is 29.9 Å². The summed E-state index contributed by atoms with van der Waals surface area (Å²) in [5, 5.41) is 3.06.